The SMILES string of the molecule is CNC(Cc1ccccc1)c1cccc(OC)c1. The molecule has 1 atom stereocenters. The molecule has 0 spiro atoms. The van der Waals surface area contributed by atoms with Crippen LogP contribution in [-0.2, 0) is 6.42 Å². The Morgan fingerprint density at radius 3 is 2.50 bits per heavy atom. The highest BCUT2D eigenvalue weighted by atomic mass is 16.5. The van der Waals surface area contributed by atoms with Crippen molar-refractivity contribution in [3.05, 3.63) is 65.7 Å². The molecule has 2 heteroatoms. The molecule has 0 amide bonds. The van der Waals surface area contributed by atoms with Crippen molar-refractivity contribution in [2.75, 3.05) is 14.2 Å². The molecular formula is C16H19NO. The highest BCUT2D eigenvalue weighted by Crippen LogP contribution is 2.22. The first-order chi connectivity index (χ1) is 8.83. The minimum absolute atomic E-state index is 0.308. The highest BCUT2D eigenvalue weighted by Gasteiger charge is 2.10. The van der Waals surface area contributed by atoms with Gasteiger partial charge in [0.05, 0.1) is 7.11 Å². The van der Waals surface area contributed by atoms with Gasteiger partial charge in [-0.2, -0.15) is 0 Å². The Kier molecular flexibility index (Phi) is 4.37. The van der Waals surface area contributed by atoms with Gasteiger partial charge in [-0.3, -0.25) is 0 Å². The Balaban J connectivity index is 2.17. The van der Waals surface area contributed by atoms with Gasteiger partial charge in [0.25, 0.3) is 0 Å². The van der Waals surface area contributed by atoms with Crippen LogP contribution in [0.1, 0.15) is 17.2 Å². The lowest BCUT2D eigenvalue weighted by Gasteiger charge is -2.17. The number of benzene rings is 2. The number of rotatable bonds is 5. The van der Waals surface area contributed by atoms with Crippen LogP contribution in [0, 0.1) is 0 Å². The number of methoxy groups -OCH3 is 1. The van der Waals surface area contributed by atoms with Crippen LogP contribution in [0.3, 0.4) is 0 Å². The Bertz CT molecular complexity index is 481. The fraction of sp³-hybridized carbons (Fsp3) is 0.250. The fourth-order valence-electron chi connectivity index (χ4n) is 2.09. The summed E-state index contributed by atoms with van der Waals surface area (Å²) in [5, 5.41) is 3.36. The van der Waals surface area contributed by atoms with E-state index in [-0.39, 0.29) is 0 Å². The maximum atomic E-state index is 5.27. The molecule has 0 radical (unpaired) electrons. The van der Waals surface area contributed by atoms with Gasteiger partial charge >= 0.3 is 0 Å². The lowest BCUT2D eigenvalue weighted by Crippen LogP contribution is -2.18. The molecule has 2 nitrogen and oxygen atoms in total. The molecule has 0 heterocycles. The van der Waals surface area contributed by atoms with Gasteiger partial charge in [-0.05, 0) is 36.7 Å². The van der Waals surface area contributed by atoms with Gasteiger partial charge in [-0.15, -0.1) is 0 Å². The third-order valence-corrected chi connectivity index (χ3v) is 3.13. The van der Waals surface area contributed by atoms with E-state index in [0.29, 0.717) is 6.04 Å². The van der Waals surface area contributed by atoms with Crippen LogP contribution >= 0.6 is 0 Å². The van der Waals surface area contributed by atoms with E-state index in [9.17, 15) is 0 Å². The monoisotopic (exact) mass is 241 g/mol. The Morgan fingerprint density at radius 2 is 1.83 bits per heavy atom. The zero-order valence-electron chi connectivity index (χ0n) is 10.9. The van der Waals surface area contributed by atoms with Crippen molar-refractivity contribution in [3.63, 3.8) is 0 Å². The van der Waals surface area contributed by atoms with Gasteiger partial charge in [0.1, 0.15) is 5.75 Å². The molecule has 0 aromatic heterocycles. The molecule has 0 aliphatic carbocycles. The average molecular weight is 241 g/mol. The molecule has 0 bridgehead atoms. The van der Waals surface area contributed by atoms with Crippen molar-refractivity contribution in [3.8, 4) is 5.75 Å². The van der Waals surface area contributed by atoms with Gasteiger partial charge < -0.3 is 10.1 Å². The third kappa shape index (κ3) is 3.11. The minimum Gasteiger partial charge on any atom is -0.497 e. The summed E-state index contributed by atoms with van der Waals surface area (Å²) in [6.45, 7) is 0. The van der Waals surface area contributed by atoms with E-state index in [1.807, 2.05) is 25.2 Å². The molecule has 0 aliphatic rings. The molecule has 94 valence electrons. The molecule has 2 aromatic carbocycles. The molecule has 0 saturated carbocycles. The second-order valence-electron chi connectivity index (χ2n) is 4.31. The Labute approximate surface area is 109 Å². The first-order valence-corrected chi connectivity index (χ1v) is 6.18. The summed E-state index contributed by atoms with van der Waals surface area (Å²) < 4.78 is 5.27. The molecule has 2 rings (SSSR count). The fourth-order valence-corrected chi connectivity index (χ4v) is 2.09. The summed E-state index contributed by atoms with van der Waals surface area (Å²) in [6, 6.07) is 19.0. The van der Waals surface area contributed by atoms with Crippen molar-refractivity contribution in [1.82, 2.24) is 5.32 Å². The highest BCUT2D eigenvalue weighted by molar-refractivity contribution is 5.31. The first-order valence-electron chi connectivity index (χ1n) is 6.18. The van der Waals surface area contributed by atoms with Gasteiger partial charge in [0.15, 0.2) is 0 Å². The lowest BCUT2D eigenvalue weighted by molar-refractivity contribution is 0.413. The van der Waals surface area contributed by atoms with Gasteiger partial charge in [0.2, 0.25) is 0 Å². The number of hydrogen-bond acceptors (Lipinski definition) is 2. The summed E-state index contributed by atoms with van der Waals surface area (Å²) in [6.07, 6.45) is 0.977. The van der Waals surface area contributed by atoms with E-state index in [4.69, 9.17) is 4.74 Å². The second kappa shape index (κ2) is 6.22. The van der Waals surface area contributed by atoms with E-state index >= 15 is 0 Å². The van der Waals surface area contributed by atoms with E-state index in [1.54, 1.807) is 7.11 Å². The van der Waals surface area contributed by atoms with Crippen LogP contribution in [0.15, 0.2) is 54.6 Å². The average Bonchev–Trinajstić information content (AvgIpc) is 2.46. The molecule has 2 aromatic rings. The number of likely N-dealkylation sites (N-methyl/N-ethyl adjacent to an activating group) is 1. The summed E-state index contributed by atoms with van der Waals surface area (Å²) >= 11 is 0. The van der Waals surface area contributed by atoms with Gasteiger partial charge in [0, 0.05) is 6.04 Å². The maximum Gasteiger partial charge on any atom is 0.119 e. The Morgan fingerprint density at radius 1 is 1.06 bits per heavy atom. The molecular weight excluding hydrogens is 222 g/mol. The first kappa shape index (κ1) is 12.7. The van der Waals surface area contributed by atoms with Crippen LogP contribution < -0.4 is 10.1 Å². The van der Waals surface area contributed by atoms with Crippen LogP contribution in [0.25, 0.3) is 0 Å². The predicted octanol–water partition coefficient (Wildman–Crippen LogP) is 3.20. The quantitative estimate of drug-likeness (QED) is 0.868. The van der Waals surface area contributed by atoms with Crippen molar-refractivity contribution in [2.24, 2.45) is 0 Å². The number of nitrogens with one attached hydrogen (secondary N) is 1. The van der Waals surface area contributed by atoms with Crippen LogP contribution in [0.5, 0.6) is 5.75 Å². The summed E-state index contributed by atoms with van der Waals surface area (Å²) in [4.78, 5) is 0. The number of hydrogen-bond donors (Lipinski definition) is 1. The summed E-state index contributed by atoms with van der Waals surface area (Å²) in [7, 11) is 3.69. The lowest BCUT2D eigenvalue weighted by atomic mass is 9.99. The van der Waals surface area contributed by atoms with Crippen LogP contribution in [-0.4, -0.2) is 14.2 Å². The van der Waals surface area contributed by atoms with Gasteiger partial charge in [-0.1, -0.05) is 42.5 Å². The van der Waals surface area contributed by atoms with Crippen LogP contribution in [0.4, 0.5) is 0 Å². The molecule has 0 aliphatic heterocycles. The van der Waals surface area contributed by atoms with E-state index in [2.05, 4.69) is 41.7 Å². The maximum absolute atomic E-state index is 5.27. The third-order valence-electron chi connectivity index (χ3n) is 3.13. The Hall–Kier alpha value is -1.80. The van der Waals surface area contributed by atoms with E-state index < -0.39 is 0 Å². The largest absolute Gasteiger partial charge is 0.497 e. The summed E-state index contributed by atoms with van der Waals surface area (Å²) in [5.74, 6) is 0.904. The van der Waals surface area contributed by atoms with Crippen molar-refractivity contribution < 1.29 is 4.74 Å². The predicted molar refractivity (Wildman–Crippen MR) is 74.9 cm³/mol. The van der Waals surface area contributed by atoms with E-state index in [1.165, 1.54) is 11.1 Å². The minimum atomic E-state index is 0.308. The van der Waals surface area contributed by atoms with Crippen molar-refractivity contribution in [2.45, 2.75) is 12.5 Å². The van der Waals surface area contributed by atoms with Crippen molar-refractivity contribution >= 4 is 0 Å². The zero-order chi connectivity index (χ0) is 12.8. The zero-order valence-corrected chi connectivity index (χ0v) is 10.9. The number of ether oxygens (including phenoxy) is 1. The van der Waals surface area contributed by atoms with Crippen molar-refractivity contribution in [1.29, 1.82) is 0 Å². The van der Waals surface area contributed by atoms with Gasteiger partial charge in [-0.25, -0.2) is 0 Å². The molecule has 0 fully saturated rings. The smallest absolute Gasteiger partial charge is 0.119 e. The molecule has 1 N–H and O–H groups in total. The molecule has 0 saturated heterocycles. The topological polar surface area (TPSA) is 21.3 Å². The summed E-state index contributed by atoms with van der Waals surface area (Å²) in [5.41, 5.74) is 2.58. The standard InChI is InChI=1S/C16H19NO/c1-17-16(11-13-7-4-3-5-8-13)14-9-6-10-15(12-14)18-2/h3-10,12,16-17H,11H2,1-2H3. The second-order valence-corrected chi connectivity index (χ2v) is 4.31. The normalized spacial score (nSPS) is 12.1. The molecule has 18 heavy (non-hydrogen) atoms. The van der Waals surface area contributed by atoms with E-state index in [0.717, 1.165) is 12.2 Å². The van der Waals surface area contributed by atoms with Crippen LogP contribution in [0.2, 0.25) is 0 Å². The molecule has 1 unspecified atom stereocenters.